The number of carboxylic acids is 1. The Kier molecular flexibility index (Phi) is 4.95. The van der Waals surface area contributed by atoms with Crippen LogP contribution in [0.1, 0.15) is 31.7 Å². The summed E-state index contributed by atoms with van der Waals surface area (Å²) in [5.74, 6) is -0.729. The Morgan fingerprint density at radius 3 is 2.50 bits per heavy atom. The minimum absolute atomic E-state index is 0.0397. The normalized spacial score (nSPS) is 15.1. The van der Waals surface area contributed by atoms with Crippen LogP contribution >= 0.6 is 27.3 Å². The third kappa shape index (κ3) is 3.30. The lowest BCUT2D eigenvalue weighted by molar-refractivity contribution is -0.140. The number of rotatable bonds is 5. The number of halogens is 1. The first-order valence-electron chi connectivity index (χ1n) is 5.15. The number of thiophene rings is 1. The molecule has 1 aromatic rings. The summed E-state index contributed by atoms with van der Waals surface area (Å²) in [6.45, 7) is 5.79. The highest BCUT2D eigenvalue weighted by Crippen LogP contribution is 2.29. The molecular weight excluding hydrogens is 290 g/mol. The van der Waals surface area contributed by atoms with Crippen molar-refractivity contribution in [2.24, 2.45) is 5.92 Å². The number of carboxylic acid groups (broad SMARTS) is 1. The molecule has 16 heavy (non-hydrogen) atoms. The summed E-state index contributed by atoms with van der Waals surface area (Å²) in [5, 5.41) is 14.2. The molecule has 2 unspecified atom stereocenters. The predicted molar refractivity (Wildman–Crippen MR) is 69.8 cm³/mol. The zero-order valence-corrected chi connectivity index (χ0v) is 11.9. The largest absolute Gasteiger partial charge is 0.480 e. The summed E-state index contributed by atoms with van der Waals surface area (Å²) < 4.78 is 1.03. The molecule has 0 saturated heterocycles. The molecule has 90 valence electrons. The number of hydrogen-bond donors (Lipinski definition) is 2. The Morgan fingerprint density at radius 1 is 1.50 bits per heavy atom. The topological polar surface area (TPSA) is 49.3 Å². The number of hydrogen-bond acceptors (Lipinski definition) is 3. The summed E-state index contributed by atoms with van der Waals surface area (Å²) in [5.41, 5.74) is 0. The van der Waals surface area contributed by atoms with Crippen LogP contribution in [0.15, 0.2) is 15.9 Å². The van der Waals surface area contributed by atoms with E-state index in [2.05, 4.69) is 21.2 Å². The van der Waals surface area contributed by atoms with Gasteiger partial charge in [-0.05, 0) is 40.2 Å². The second-order valence-corrected chi connectivity index (χ2v) is 5.88. The van der Waals surface area contributed by atoms with E-state index < -0.39 is 12.0 Å². The van der Waals surface area contributed by atoms with Crippen molar-refractivity contribution >= 4 is 33.2 Å². The van der Waals surface area contributed by atoms with Gasteiger partial charge in [0.2, 0.25) is 0 Å². The van der Waals surface area contributed by atoms with E-state index in [9.17, 15) is 4.79 Å². The highest BCUT2D eigenvalue weighted by Gasteiger charge is 2.24. The fourth-order valence-electron chi connectivity index (χ4n) is 1.51. The molecule has 2 atom stereocenters. The Bertz CT molecular complexity index is 365. The fourth-order valence-corrected chi connectivity index (χ4v) is 3.24. The lowest BCUT2D eigenvalue weighted by Gasteiger charge is -2.22. The van der Waals surface area contributed by atoms with Crippen LogP contribution in [0.4, 0.5) is 0 Å². The minimum atomic E-state index is -0.797. The zero-order chi connectivity index (χ0) is 12.3. The summed E-state index contributed by atoms with van der Waals surface area (Å²) in [6.07, 6.45) is 0. The van der Waals surface area contributed by atoms with E-state index in [1.54, 1.807) is 11.3 Å². The highest BCUT2D eigenvalue weighted by atomic mass is 79.9. The molecule has 0 aliphatic rings. The van der Waals surface area contributed by atoms with E-state index in [0.29, 0.717) is 0 Å². The minimum Gasteiger partial charge on any atom is -0.480 e. The van der Waals surface area contributed by atoms with Crippen molar-refractivity contribution in [2.75, 3.05) is 0 Å². The predicted octanol–water partition coefficient (Wildman–Crippen LogP) is 3.27. The maximum Gasteiger partial charge on any atom is 0.320 e. The SMILES string of the molecule is CC(NC(C(=O)O)C(C)C)c1sccc1Br. The molecule has 5 heteroatoms. The molecule has 0 aliphatic heterocycles. The number of nitrogens with one attached hydrogen (secondary N) is 1. The smallest absolute Gasteiger partial charge is 0.320 e. The van der Waals surface area contributed by atoms with Gasteiger partial charge in [0.05, 0.1) is 0 Å². The van der Waals surface area contributed by atoms with Crippen LogP contribution in [0.2, 0.25) is 0 Å². The molecule has 3 nitrogen and oxygen atoms in total. The van der Waals surface area contributed by atoms with Gasteiger partial charge in [0.25, 0.3) is 0 Å². The lowest BCUT2D eigenvalue weighted by atomic mass is 10.0. The monoisotopic (exact) mass is 305 g/mol. The highest BCUT2D eigenvalue weighted by molar-refractivity contribution is 9.10. The summed E-state index contributed by atoms with van der Waals surface area (Å²) in [6, 6.07) is 1.51. The van der Waals surface area contributed by atoms with Crippen LogP contribution in [0.3, 0.4) is 0 Å². The van der Waals surface area contributed by atoms with Gasteiger partial charge in [-0.1, -0.05) is 13.8 Å². The Hall–Kier alpha value is -0.390. The van der Waals surface area contributed by atoms with Gasteiger partial charge in [-0.15, -0.1) is 11.3 Å². The fraction of sp³-hybridized carbons (Fsp3) is 0.545. The molecule has 0 aliphatic carbocycles. The van der Waals surface area contributed by atoms with Crippen molar-refractivity contribution in [3.63, 3.8) is 0 Å². The molecular formula is C11H16BrNO2S. The van der Waals surface area contributed by atoms with Crippen LogP contribution in [0.5, 0.6) is 0 Å². The van der Waals surface area contributed by atoms with E-state index in [1.165, 1.54) is 0 Å². The average molecular weight is 306 g/mol. The van der Waals surface area contributed by atoms with E-state index >= 15 is 0 Å². The van der Waals surface area contributed by atoms with Gasteiger partial charge in [-0.25, -0.2) is 0 Å². The van der Waals surface area contributed by atoms with Crippen molar-refractivity contribution in [3.05, 3.63) is 20.8 Å². The first kappa shape index (κ1) is 13.7. The second-order valence-electron chi connectivity index (χ2n) is 4.08. The van der Waals surface area contributed by atoms with Crippen molar-refractivity contribution in [1.29, 1.82) is 0 Å². The molecule has 2 N–H and O–H groups in total. The van der Waals surface area contributed by atoms with Crippen LogP contribution < -0.4 is 5.32 Å². The zero-order valence-electron chi connectivity index (χ0n) is 9.53. The number of carbonyl (C=O) groups is 1. The van der Waals surface area contributed by atoms with Crippen LogP contribution in [0.25, 0.3) is 0 Å². The van der Waals surface area contributed by atoms with Gasteiger partial charge in [0.1, 0.15) is 6.04 Å². The molecule has 0 aromatic carbocycles. The van der Waals surface area contributed by atoms with Crippen LogP contribution in [-0.2, 0) is 4.79 Å². The van der Waals surface area contributed by atoms with Crippen molar-refractivity contribution in [1.82, 2.24) is 5.32 Å². The van der Waals surface area contributed by atoms with Gasteiger partial charge in [-0.2, -0.15) is 0 Å². The lowest BCUT2D eigenvalue weighted by Crippen LogP contribution is -2.42. The van der Waals surface area contributed by atoms with Gasteiger partial charge in [0, 0.05) is 15.4 Å². The van der Waals surface area contributed by atoms with Crippen LogP contribution in [-0.4, -0.2) is 17.1 Å². The molecule has 0 spiro atoms. The average Bonchev–Trinajstić information content (AvgIpc) is 2.59. The van der Waals surface area contributed by atoms with Crippen molar-refractivity contribution in [2.45, 2.75) is 32.9 Å². The van der Waals surface area contributed by atoms with Gasteiger partial charge < -0.3 is 5.11 Å². The molecule has 1 aromatic heterocycles. The maximum atomic E-state index is 11.1. The standard InChI is InChI=1S/C11H16BrNO2S/c1-6(2)9(11(14)15)13-7(3)10-8(12)4-5-16-10/h4-7,9,13H,1-3H3,(H,14,15). The third-order valence-corrected chi connectivity index (χ3v) is 4.45. The molecule has 0 radical (unpaired) electrons. The Balaban J connectivity index is 2.73. The summed E-state index contributed by atoms with van der Waals surface area (Å²) in [4.78, 5) is 12.2. The second kappa shape index (κ2) is 5.80. The van der Waals surface area contributed by atoms with Crippen molar-refractivity contribution in [3.8, 4) is 0 Å². The molecule has 0 fully saturated rings. The van der Waals surface area contributed by atoms with Gasteiger partial charge >= 0.3 is 5.97 Å². The van der Waals surface area contributed by atoms with E-state index in [0.717, 1.165) is 9.35 Å². The number of aliphatic carboxylic acids is 1. The van der Waals surface area contributed by atoms with E-state index in [-0.39, 0.29) is 12.0 Å². The third-order valence-electron chi connectivity index (χ3n) is 2.40. The van der Waals surface area contributed by atoms with E-state index in [4.69, 9.17) is 5.11 Å². The Labute approximate surface area is 108 Å². The summed E-state index contributed by atoms with van der Waals surface area (Å²) in [7, 11) is 0. The van der Waals surface area contributed by atoms with Gasteiger partial charge in [0.15, 0.2) is 0 Å². The first-order valence-corrected chi connectivity index (χ1v) is 6.82. The quantitative estimate of drug-likeness (QED) is 0.878. The molecule has 0 saturated carbocycles. The molecule has 0 bridgehead atoms. The first-order chi connectivity index (χ1) is 7.43. The summed E-state index contributed by atoms with van der Waals surface area (Å²) >= 11 is 5.07. The van der Waals surface area contributed by atoms with E-state index in [1.807, 2.05) is 32.2 Å². The Morgan fingerprint density at radius 2 is 2.12 bits per heavy atom. The van der Waals surface area contributed by atoms with Crippen molar-refractivity contribution < 1.29 is 9.90 Å². The molecule has 1 rings (SSSR count). The van der Waals surface area contributed by atoms with Gasteiger partial charge in [-0.3, -0.25) is 10.1 Å². The molecule has 1 heterocycles. The van der Waals surface area contributed by atoms with Crippen LogP contribution in [0, 0.1) is 5.92 Å². The maximum absolute atomic E-state index is 11.1. The molecule has 0 amide bonds.